The number of carbonyl (C=O) groups is 1. The second-order valence-electron chi connectivity index (χ2n) is 9.19. The number of hydrogen-bond donors (Lipinski definition) is 0. The number of fused-ring (bicyclic) bond motifs is 2. The van der Waals surface area contributed by atoms with Crippen LogP contribution in [0.4, 0.5) is 5.13 Å². The summed E-state index contributed by atoms with van der Waals surface area (Å²) in [4.78, 5) is 20.1. The molecule has 0 N–H and O–H groups in total. The quantitative estimate of drug-likeness (QED) is 0.264. The van der Waals surface area contributed by atoms with E-state index in [1.807, 2.05) is 48.7 Å². The minimum atomic E-state index is -3.71. The molecule has 0 radical (unpaired) electrons. The van der Waals surface area contributed by atoms with Crippen LogP contribution in [0.25, 0.3) is 10.2 Å². The Morgan fingerprint density at radius 3 is 2.54 bits per heavy atom. The first-order chi connectivity index (χ1) is 18.9. The minimum Gasteiger partial charge on any atom is -0.282 e. The van der Waals surface area contributed by atoms with Gasteiger partial charge in [-0.1, -0.05) is 53.3 Å². The molecule has 1 amide bonds. The summed E-state index contributed by atoms with van der Waals surface area (Å²) in [5.41, 5.74) is 3.20. The molecule has 3 aromatic carbocycles. The van der Waals surface area contributed by atoms with Crippen molar-refractivity contribution in [1.82, 2.24) is 19.1 Å². The molecule has 3 heterocycles. The minimum absolute atomic E-state index is 0.160. The van der Waals surface area contributed by atoms with Gasteiger partial charge in [0.25, 0.3) is 5.91 Å². The van der Waals surface area contributed by atoms with Gasteiger partial charge in [-0.15, -0.1) is 0 Å². The Morgan fingerprint density at radius 2 is 1.79 bits per heavy atom. The molecule has 0 spiro atoms. The molecule has 0 saturated heterocycles. The maximum Gasteiger partial charge on any atom is 0.260 e. The van der Waals surface area contributed by atoms with Crippen molar-refractivity contribution < 1.29 is 13.2 Å². The van der Waals surface area contributed by atoms with Crippen molar-refractivity contribution in [2.75, 3.05) is 18.0 Å². The number of rotatable bonds is 7. The number of amides is 1. The molecule has 0 unspecified atom stereocenters. The van der Waals surface area contributed by atoms with Gasteiger partial charge in [-0.3, -0.25) is 14.4 Å². The number of carbonyl (C=O) groups excluding carboxylic acids is 1. The zero-order valence-corrected chi connectivity index (χ0v) is 23.2. The van der Waals surface area contributed by atoms with E-state index in [0.29, 0.717) is 53.8 Å². The van der Waals surface area contributed by atoms with Crippen LogP contribution in [0, 0.1) is 0 Å². The average molecular weight is 578 g/mol. The van der Waals surface area contributed by atoms with Gasteiger partial charge in [0.15, 0.2) is 5.13 Å². The molecule has 6 rings (SSSR count). The van der Waals surface area contributed by atoms with Crippen LogP contribution in [0.2, 0.25) is 5.02 Å². The summed E-state index contributed by atoms with van der Waals surface area (Å²) in [7, 11) is -3.71. The fourth-order valence-corrected chi connectivity index (χ4v) is 7.40. The summed E-state index contributed by atoms with van der Waals surface area (Å²) >= 11 is 7.73. The number of anilines is 1. The van der Waals surface area contributed by atoms with Gasteiger partial charge in [-0.25, -0.2) is 13.4 Å². The lowest BCUT2D eigenvalue weighted by Gasteiger charge is -2.28. The molecule has 1 aliphatic heterocycles. The molecule has 0 bridgehead atoms. The fraction of sp³-hybridized carbons (Fsp3) is 0.179. The Kier molecular flexibility index (Phi) is 6.94. The predicted molar refractivity (Wildman–Crippen MR) is 153 cm³/mol. The van der Waals surface area contributed by atoms with Crippen molar-refractivity contribution in [2.24, 2.45) is 0 Å². The number of benzene rings is 3. The molecule has 0 fully saturated rings. The second-order valence-corrected chi connectivity index (χ2v) is 12.5. The van der Waals surface area contributed by atoms with E-state index < -0.39 is 10.0 Å². The van der Waals surface area contributed by atoms with Crippen LogP contribution in [-0.4, -0.2) is 46.5 Å². The summed E-state index contributed by atoms with van der Waals surface area (Å²) in [6.45, 7) is 1.54. The van der Waals surface area contributed by atoms with E-state index in [4.69, 9.17) is 11.6 Å². The smallest absolute Gasteiger partial charge is 0.260 e. The molecule has 0 aliphatic carbocycles. The lowest BCUT2D eigenvalue weighted by molar-refractivity contribution is 0.0985. The van der Waals surface area contributed by atoms with E-state index >= 15 is 0 Å². The number of halogens is 1. The molecule has 0 saturated carbocycles. The molecule has 198 valence electrons. The maximum absolute atomic E-state index is 13.7. The van der Waals surface area contributed by atoms with Crippen molar-refractivity contribution in [3.63, 3.8) is 0 Å². The Bertz CT molecular complexity index is 1750. The lowest BCUT2D eigenvalue weighted by Crippen LogP contribution is -2.36. The second kappa shape index (κ2) is 10.5. The number of nitrogens with zero attached hydrogens (tertiary/aromatic N) is 5. The standard InChI is InChI=1S/C28H24ClN5O3S2/c29-24-7-3-8-25-26(24)31-28(38-25)34(18-17-32-15-4-14-30-32)27(35)21-9-11-23(12-10-21)39(36,37)33-16-13-20-5-1-2-6-22(20)19-33/h1-12,14-15H,13,16-19H2. The summed E-state index contributed by atoms with van der Waals surface area (Å²) < 4.78 is 30.9. The van der Waals surface area contributed by atoms with Crippen LogP contribution >= 0.6 is 22.9 Å². The van der Waals surface area contributed by atoms with Gasteiger partial charge in [0.1, 0.15) is 5.52 Å². The van der Waals surface area contributed by atoms with Gasteiger partial charge in [0.05, 0.1) is 21.2 Å². The SMILES string of the molecule is O=C(c1ccc(S(=O)(=O)N2CCc3ccccc3C2)cc1)N(CCn1cccn1)c1nc2c(Cl)cccc2s1. The van der Waals surface area contributed by atoms with Crippen LogP contribution in [0.1, 0.15) is 21.5 Å². The fourth-order valence-electron chi connectivity index (χ4n) is 4.69. The van der Waals surface area contributed by atoms with Crippen LogP contribution in [0.5, 0.6) is 0 Å². The molecule has 1 aliphatic rings. The third-order valence-corrected chi connectivity index (χ3v) is 9.99. The van der Waals surface area contributed by atoms with Crippen molar-refractivity contribution >= 4 is 54.2 Å². The molecular formula is C28H24ClN5O3S2. The van der Waals surface area contributed by atoms with Gasteiger partial charge in [-0.2, -0.15) is 9.40 Å². The van der Waals surface area contributed by atoms with E-state index in [0.717, 1.165) is 10.3 Å². The highest BCUT2D eigenvalue weighted by Gasteiger charge is 2.29. The van der Waals surface area contributed by atoms with Gasteiger partial charge >= 0.3 is 0 Å². The molecular weight excluding hydrogens is 554 g/mol. The number of thiazole rings is 1. The molecule has 8 nitrogen and oxygen atoms in total. The van der Waals surface area contributed by atoms with Gasteiger partial charge in [-0.05, 0) is 60.0 Å². The topological polar surface area (TPSA) is 88.4 Å². The number of hydrogen-bond acceptors (Lipinski definition) is 6. The van der Waals surface area contributed by atoms with E-state index in [1.165, 1.54) is 33.3 Å². The number of sulfonamides is 1. The normalized spacial score (nSPS) is 13.9. The summed E-state index contributed by atoms with van der Waals surface area (Å²) in [5.74, 6) is -0.284. The van der Waals surface area contributed by atoms with Crippen LogP contribution in [0.3, 0.4) is 0 Å². The lowest BCUT2D eigenvalue weighted by atomic mass is 10.0. The summed E-state index contributed by atoms with van der Waals surface area (Å²) in [5, 5.41) is 5.27. The first-order valence-corrected chi connectivity index (χ1v) is 15.0. The summed E-state index contributed by atoms with van der Waals surface area (Å²) in [6.07, 6.45) is 4.18. The van der Waals surface area contributed by atoms with E-state index in [2.05, 4.69) is 10.1 Å². The molecule has 11 heteroatoms. The monoisotopic (exact) mass is 577 g/mol. The van der Waals surface area contributed by atoms with Crippen molar-refractivity contribution in [2.45, 2.75) is 24.4 Å². The van der Waals surface area contributed by atoms with Crippen LogP contribution in [0.15, 0.2) is 90.1 Å². The van der Waals surface area contributed by atoms with Gasteiger partial charge in [0, 0.05) is 37.6 Å². The zero-order valence-electron chi connectivity index (χ0n) is 20.8. The highest BCUT2D eigenvalue weighted by Crippen LogP contribution is 2.33. The molecule has 5 aromatic rings. The first kappa shape index (κ1) is 25.7. The summed E-state index contributed by atoms with van der Waals surface area (Å²) in [6, 6.07) is 21.4. The van der Waals surface area contributed by atoms with Crippen LogP contribution < -0.4 is 4.90 Å². The number of aromatic nitrogens is 3. The largest absolute Gasteiger partial charge is 0.282 e. The number of para-hydroxylation sites is 1. The third kappa shape index (κ3) is 5.08. The van der Waals surface area contributed by atoms with E-state index in [-0.39, 0.29) is 10.8 Å². The third-order valence-electron chi connectivity index (χ3n) is 6.78. The predicted octanol–water partition coefficient (Wildman–Crippen LogP) is 5.24. The Hall–Kier alpha value is -3.57. The molecule has 2 aromatic heterocycles. The Balaban J connectivity index is 1.27. The van der Waals surface area contributed by atoms with Crippen LogP contribution in [-0.2, 0) is 29.5 Å². The Labute approximate surface area is 235 Å². The first-order valence-electron chi connectivity index (χ1n) is 12.4. The van der Waals surface area contributed by atoms with Crippen molar-refractivity contribution in [3.8, 4) is 0 Å². The van der Waals surface area contributed by atoms with E-state index in [1.54, 1.807) is 34.0 Å². The Morgan fingerprint density at radius 1 is 1.00 bits per heavy atom. The maximum atomic E-state index is 13.7. The zero-order chi connectivity index (χ0) is 27.0. The highest BCUT2D eigenvalue weighted by atomic mass is 35.5. The van der Waals surface area contributed by atoms with Crippen molar-refractivity contribution in [3.05, 3.63) is 107 Å². The average Bonchev–Trinajstić information content (AvgIpc) is 3.64. The molecule has 39 heavy (non-hydrogen) atoms. The highest BCUT2D eigenvalue weighted by molar-refractivity contribution is 7.89. The molecule has 0 atom stereocenters. The van der Waals surface area contributed by atoms with Gasteiger partial charge in [0.2, 0.25) is 10.0 Å². The van der Waals surface area contributed by atoms with Crippen molar-refractivity contribution in [1.29, 1.82) is 0 Å². The van der Waals surface area contributed by atoms with E-state index in [9.17, 15) is 13.2 Å². The van der Waals surface area contributed by atoms with Gasteiger partial charge < -0.3 is 0 Å².